The molecule has 4 nitrogen and oxygen atoms in total. The highest BCUT2D eigenvalue weighted by atomic mass is 15.2. The number of hydrogen-bond donors (Lipinski definition) is 1. The van der Waals surface area contributed by atoms with Crippen molar-refractivity contribution in [2.45, 2.75) is 38.8 Å². The Morgan fingerprint density at radius 1 is 1.44 bits per heavy atom. The monoisotopic (exact) mass is 222 g/mol. The first-order valence-electron chi connectivity index (χ1n) is 6.03. The summed E-state index contributed by atoms with van der Waals surface area (Å²) in [4.78, 5) is 6.91. The number of nitrogens with zero attached hydrogens (tertiary/aromatic N) is 3. The van der Waals surface area contributed by atoms with Gasteiger partial charge in [0.2, 0.25) is 5.95 Å². The predicted molar refractivity (Wildman–Crippen MR) is 66.7 cm³/mol. The van der Waals surface area contributed by atoms with Crippen LogP contribution in [-0.2, 0) is 7.05 Å². The van der Waals surface area contributed by atoms with Crippen LogP contribution in [-0.4, -0.2) is 40.1 Å². The van der Waals surface area contributed by atoms with Crippen molar-refractivity contribution < 1.29 is 0 Å². The summed E-state index contributed by atoms with van der Waals surface area (Å²) in [6.45, 7) is 5.49. The zero-order valence-corrected chi connectivity index (χ0v) is 10.7. The molecule has 90 valence electrons. The summed E-state index contributed by atoms with van der Waals surface area (Å²) in [6.07, 6.45) is 4.45. The van der Waals surface area contributed by atoms with Crippen molar-refractivity contribution in [2.75, 3.05) is 18.9 Å². The molecular formula is C12H22N4. The number of piperidine rings is 1. The number of anilines is 1. The number of nitrogens with one attached hydrogen (secondary N) is 1. The van der Waals surface area contributed by atoms with E-state index in [1.54, 1.807) is 0 Å². The SMILES string of the molecule is Cc1cn(C)c(NC2CCN(C)C(C)C2)n1. The molecule has 0 aromatic carbocycles. The lowest BCUT2D eigenvalue weighted by atomic mass is 9.99. The van der Waals surface area contributed by atoms with E-state index in [0.29, 0.717) is 12.1 Å². The van der Waals surface area contributed by atoms with Crippen molar-refractivity contribution in [3.63, 3.8) is 0 Å². The minimum absolute atomic E-state index is 0.562. The topological polar surface area (TPSA) is 33.1 Å². The van der Waals surface area contributed by atoms with Gasteiger partial charge in [0, 0.05) is 31.9 Å². The molecule has 0 aliphatic carbocycles. The van der Waals surface area contributed by atoms with Crippen molar-refractivity contribution in [2.24, 2.45) is 7.05 Å². The number of hydrogen-bond acceptors (Lipinski definition) is 3. The quantitative estimate of drug-likeness (QED) is 0.825. The fourth-order valence-electron chi connectivity index (χ4n) is 2.35. The Kier molecular flexibility index (Phi) is 3.19. The number of likely N-dealkylation sites (tertiary alicyclic amines) is 1. The molecule has 4 heteroatoms. The highest BCUT2D eigenvalue weighted by molar-refractivity contribution is 5.30. The fraction of sp³-hybridized carbons (Fsp3) is 0.750. The molecule has 0 spiro atoms. The molecule has 16 heavy (non-hydrogen) atoms. The number of imidazole rings is 1. The van der Waals surface area contributed by atoms with E-state index in [1.165, 1.54) is 19.4 Å². The van der Waals surface area contributed by atoms with Crippen molar-refractivity contribution in [1.82, 2.24) is 14.5 Å². The average Bonchev–Trinajstić information content (AvgIpc) is 2.51. The maximum atomic E-state index is 4.49. The lowest BCUT2D eigenvalue weighted by Crippen LogP contribution is -2.42. The molecule has 2 atom stereocenters. The molecule has 1 N–H and O–H groups in total. The average molecular weight is 222 g/mol. The van der Waals surface area contributed by atoms with E-state index >= 15 is 0 Å². The van der Waals surface area contributed by atoms with E-state index in [9.17, 15) is 0 Å². The summed E-state index contributed by atoms with van der Waals surface area (Å²) in [5, 5.41) is 3.55. The van der Waals surface area contributed by atoms with E-state index in [2.05, 4.69) is 39.9 Å². The van der Waals surface area contributed by atoms with Crippen LogP contribution >= 0.6 is 0 Å². The van der Waals surface area contributed by atoms with Gasteiger partial charge in [-0.3, -0.25) is 0 Å². The van der Waals surface area contributed by atoms with Gasteiger partial charge < -0.3 is 14.8 Å². The van der Waals surface area contributed by atoms with Crippen molar-refractivity contribution in [3.8, 4) is 0 Å². The third-order valence-corrected chi connectivity index (χ3v) is 3.54. The smallest absolute Gasteiger partial charge is 0.202 e. The number of rotatable bonds is 2. The molecule has 2 rings (SSSR count). The van der Waals surface area contributed by atoms with Gasteiger partial charge >= 0.3 is 0 Å². The molecule has 0 radical (unpaired) electrons. The lowest BCUT2D eigenvalue weighted by molar-refractivity contribution is 0.189. The van der Waals surface area contributed by atoms with Crippen LogP contribution in [0, 0.1) is 6.92 Å². The van der Waals surface area contributed by atoms with Crippen LogP contribution in [0.4, 0.5) is 5.95 Å². The maximum Gasteiger partial charge on any atom is 0.202 e. The van der Waals surface area contributed by atoms with Crippen LogP contribution in [0.25, 0.3) is 0 Å². The molecule has 1 aliphatic rings. The minimum Gasteiger partial charge on any atom is -0.353 e. The molecule has 0 amide bonds. The first kappa shape index (κ1) is 11.5. The summed E-state index contributed by atoms with van der Waals surface area (Å²) in [5.74, 6) is 0.999. The molecule has 1 aromatic rings. The second kappa shape index (κ2) is 4.45. The van der Waals surface area contributed by atoms with Crippen molar-refractivity contribution >= 4 is 5.95 Å². The van der Waals surface area contributed by atoms with E-state index in [-0.39, 0.29) is 0 Å². The molecular weight excluding hydrogens is 200 g/mol. The Hall–Kier alpha value is -1.03. The minimum atomic E-state index is 0.562. The van der Waals surface area contributed by atoms with E-state index in [1.807, 2.05) is 14.0 Å². The highest BCUT2D eigenvalue weighted by Crippen LogP contribution is 2.19. The Morgan fingerprint density at radius 3 is 2.75 bits per heavy atom. The summed E-state index contributed by atoms with van der Waals surface area (Å²) >= 11 is 0. The third-order valence-electron chi connectivity index (χ3n) is 3.54. The number of aryl methyl sites for hydroxylation is 2. The molecule has 2 heterocycles. The van der Waals surface area contributed by atoms with E-state index in [0.717, 1.165) is 11.6 Å². The Morgan fingerprint density at radius 2 is 2.19 bits per heavy atom. The predicted octanol–water partition coefficient (Wildman–Crippen LogP) is 1.62. The van der Waals surface area contributed by atoms with Gasteiger partial charge in [-0.1, -0.05) is 0 Å². The molecule has 1 fully saturated rings. The molecule has 1 aromatic heterocycles. The Bertz CT molecular complexity index is 358. The molecule has 2 unspecified atom stereocenters. The lowest BCUT2D eigenvalue weighted by Gasteiger charge is -2.35. The number of aromatic nitrogens is 2. The highest BCUT2D eigenvalue weighted by Gasteiger charge is 2.23. The molecule has 0 saturated carbocycles. The summed E-state index contributed by atoms with van der Waals surface area (Å²) in [6, 6.07) is 1.22. The van der Waals surface area contributed by atoms with Crippen molar-refractivity contribution in [3.05, 3.63) is 11.9 Å². The molecule has 1 saturated heterocycles. The maximum absolute atomic E-state index is 4.49. The van der Waals surface area contributed by atoms with Gasteiger partial charge in [-0.2, -0.15) is 0 Å². The second-order valence-corrected chi connectivity index (χ2v) is 5.01. The van der Waals surface area contributed by atoms with Gasteiger partial charge in [0.05, 0.1) is 5.69 Å². The first-order chi connectivity index (χ1) is 7.56. The van der Waals surface area contributed by atoms with Crippen LogP contribution in [0.2, 0.25) is 0 Å². The van der Waals surface area contributed by atoms with Crippen LogP contribution < -0.4 is 5.32 Å². The first-order valence-corrected chi connectivity index (χ1v) is 6.03. The Labute approximate surface area is 97.7 Å². The summed E-state index contributed by atoms with van der Waals surface area (Å²) in [7, 11) is 4.24. The standard InChI is InChI=1S/C12H22N4/c1-9-8-16(4)12(13-9)14-11-5-6-15(3)10(2)7-11/h8,10-11H,5-7H2,1-4H3,(H,13,14). The fourth-order valence-corrected chi connectivity index (χ4v) is 2.35. The van der Waals surface area contributed by atoms with Gasteiger partial charge in [0.1, 0.15) is 0 Å². The van der Waals surface area contributed by atoms with Crippen LogP contribution in [0.15, 0.2) is 6.20 Å². The molecule has 1 aliphatic heterocycles. The second-order valence-electron chi connectivity index (χ2n) is 5.01. The van der Waals surface area contributed by atoms with Crippen LogP contribution in [0.1, 0.15) is 25.5 Å². The normalized spacial score (nSPS) is 27.0. The van der Waals surface area contributed by atoms with Crippen LogP contribution in [0.5, 0.6) is 0 Å². The largest absolute Gasteiger partial charge is 0.353 e. The van der Waals surface area contributed by atoms with Gasteiger partial charge in [0.25, 0.3) is 0 Å². The molecule has 0 bridgehead atoms. The Balaban J connectivity index is 1.98. The van der Waals surface area contributed by atoms with E-state index < -0.39 is 0 Å². The zero-order chi connectivity index (χ0) is 11.7. The zero-order valence-electron chi connectivity index (χ0n) is 10.7. The van der Waals surface area contributed by atoms with Gasteiger partial charge in [-0.15, -0.1) is 0 Å². The van der Waals surface area contributed by atoms with Crippen molar-refractivity contribution in [1.29, 1.82) is 0 Å². The van der Waals surface area contributed by atoms with Gasteiger partial charge in [-0.25, -0.2) is 4.98 Å². The van der Waals surface area contributed by atoms with Crippen LogP contribution in [0.3, 0.4) is 0 Å². The third kappa shape index (κ3) is 2.38. The van der Waals surface area contributed by atoms with E-state index in [4.69, 9.17) is 0 Å². The van der Waals surface area contributed by atoms with Gasteiger partial charge in [0.15, 0.2) is 0 Å². The van der Waals surface area contributed by atoms with Gasteiger partial charge in [-0.05, 0) is 33.7 Å². The summed E-state index contributed by atoms with van der Waals surface area (Å²) < 4.78 is 2.07. The summed E-state index contributed by atoms with van der Waals surface area (Å²) in [5.41, 5.74) is 1.07.